The smallest absolute Gasteiger partial charge is 0.324 e. The Morgan fingerprint density at radius 2 is 1.63 bits per heavy atom. The van der Waals surface area contributed by atoms with Crippen molar-refractivity contribution in [2.24, 2.45) is 0 Å². The number of sulfonamides is 1. The molecular formula is C23H26N2O4S. The van der Waals surface area contributed by atoms with Gasteiger partial charge in [0.1, 0.15) is 6.04 Å². The highest BCUT2D eigenvalue weighted by atomic mass is 32.2. The Kier molecular flexibility index (Phi) is 6.74. The number of rotatable bonds is 8. The fourth-order valence-corrected chi connectivity index (χ4v) is 4.81. The quantitative estimate of drug-likeness (QED) is 0.559. The van der Waals surface area contributed by atoms with Crippen molar-refractivity contribution in [2.45, 2.75) is 24.3 Å². The maximum absolute atomic E-state index is 13.3. The van der Waals surface area contributed by atoms with E-state index < -0.39 is 22.0 Å². The van der Waals surface area contributed by atoms with Crippen molar-refractivity contribution in [2.75, 3.05) is 25.6 Å². The van der Waals surface area contributed by atoms with Gasteiger partial charge in [-0.25, -0.2) is 8.42 Å². The molecule has 158 valence electrons. The van der Waals surface area contributed by atoms with Crippen molar-refractivity contribution >= 4 is 32.5 Å². The van der Waals surface area contributed by atoms with Gasteiger partial charge in [0, 0.05) is 30.6 Å². The number of hydrogen-bond donors (Lipinski definition) is 1. The molecule has 6 nitrogen and oxygen atoms in total. The molecule has 0 aromatic heterocycles. The second-order valence-electron chi connectivity index (χ2n) is 7.14. The molecule has 0 saturated carbocycles. The Balaban J connectivity index is 2.00. The molecule has 0 aliphatic heterocycles. The first-order valence-electron chi connectivity index (χ1n) is 9.75. The predicted octanol–water partition coefficient (Wildman–Crippen LogP) is 3.36. The van der Waals surface area contributed by atoms with Crippen LogP contribution in [-0.4, -0.2) is 41.1 Å². The Morgan fingerprint density at radius 1 is 0.967 bits per heavy atom. The van der Waals surface area contributed by atoms with Gasteiger partial charge in [0.15, 0.2) is 0 Å². The van der Waals surface area contributed by atoms with Gasteiger partial charge in [0.05, 0.1) is 11.5 Å². The van der Waals surface area contributed by atoms with E-state index in [9.17, 15) is 13.2 Å². The molecule has 0 aliphatic carbocycles. The number of anilines is 1. The molecule has 0 bridgehead atoms. The molecule has 3 rings (SSSR count). The van der Waals surface area contributed by atoms with Crippen LogP contribution in [0.25, 0.3) is 10.8 Å². The monoisotopic (exact) mass is 426 g/mol. The van der Waals surface area contributed by atoms with Crippen molar-refractivity contribution in [3.8, 4) is 0 Å². The summed E-state index contributed by atoms with van der Waals surface area (Å²) in [5, 5.41) is 1.42. The first-order valence-corrected chi connectivity index (χ1v) is 11.2. The number of carbonyl (C=O) groups is 1. The molecule has 0 saturated heterocycles. The van der Waals surface area contributed by atoms with Crippen LogP contribution in [0.4, 0.5) is 5.69 Å². The first kappa shape index (κ1) is 21.8. The van der Waals surface area contributed by atoms with Gasteiger partial charge in [-0.3, -0.25) is 4.79 Å². The minimum atomic E-state index is -3.98. The second kappa shape index (κ2) is 9.28. The summed E-state index contributed by atoms with van der Waals surface area (Å²) in [4.78, 5) is 14.6. The first-order chi connectivity index (χ1) is 14.3. The van der Waals surface area contributed by atoms with Crippen molar-refractivity contribution in [3.63, 3.8) is 0 Å². The highest BCUT2D eigenvalue weighted by Gasteiger charge is 2.28. The molecule has 0 heterocycles. The normalized spacial score (nSPS) is 12.5. The van der Waals surface area contributed by atoms with E-state index in [1.54, 1.807) is 25.1 Å². The van der Waals surface area contributed by atoms with Crippen LogP contribution >= 0.6 is 0 Å². The standard InChI is InChI=1S/C23H26N2O4S/c1-4-29-23(26)20(16-17-10-6-5-7-11-17)24-30(27,28)22-15-9-12-18-19(22)13-8-14-21(18)25(2)3/h5-15,20,24H,4,16H2,1-3H3/t20-/m0/s1. The molecular weight excluding hydrogens is 400 g/mol. The Hall–Kier alpha value is -2.90. The average Bonchev–Trinajstić information content (AvgIpc) is 2.73. The highest BCUT2D eigenvalue weighted by Crippen LogP contribution is 2.30. The minimum Gasteiger partial charge on any atom is -0.465 e. The molecule has 3 aromatic carbocycles. The zero-order valence-electron chi connectivity index (χ0n) is 17.3. The van der Waals surface area contributed by atoms with Gasteiger partial charge in [-0.15, -0.1) is 0 Å². The molecule has 7 heteroatoms. The summed E-state index contributed by atoms with van der Waals surface area (Å²) < 4.78 is 34.3. The van der Waals surface area contributed by atoms with E-state index in [1.165, 1.54) is 0 Å². The lowest BCUT2D eigenvalue weighted by Crippen LogP contribution is -2.43. The second-order valence-corrected chi connectivity index (χ2v) is 8.82. The van der Waals surface area contributed by atoms with Crippen molar-refractivity contribution in [1.82, 2.24) is 4.72 Å². The Bertz CT molecular complexity index is 1130. The third kappa shape index (κ3) is 4.80. The summed E-state index contributed by atoms with van der Waals surface area (Å²) in [7, 11) is -0.166. The zero-order chi connectivity index (χ0) is 21.7. The van der Waals surface area contributed by atoms with Gasteiger partial charge in [0.25, 0.3) is 0 Å². The molecule has 0 amide bonds. The summed E-state index contributed by atoms with van der Waals surface area (Å²) in [6.07, 6.45) is 0.201. The Morgan fingerprint density at radius 3 is 2.30 bits per heavy atom. The summed E-state index contributed by atoms with van der Waals surface area (Å²) in [6, 6.07) is 18.9. The number of hydrogen-bond acceptors (Lipinski definition) is 5. The average molecular weight is 427 g/mol. The van der Waals surface area contributed by atoms with E-state index >= 15 is 0 Å². The molecule has 0 radical (unpaired) electrons. The number of carbonyl (C=O) groups excluding carboxylic acids is 1. The van der Waals surface area contributed by atoms with E-state index in [2.05, 4.69) is 4.72 Å². The number of ether oxygens (including phenoxy) is 1. The lowest BCUT2D eigenvalue weighted by Gasteiger charge is -2.20. The van der Waals surface area contributed by atoms with Crippen LogP contribution in [0.1, 0.15) is 12.5 Å². The van der Waals surface area contributed by atoms with E-state index in [-0.39, 0.29) is 17.9 Å². The number of nitrogens with one attached hydrogen (secondary N) is 1. The molecule has 0 fully saturated rings. The van der Waals surface area contributed by atoms with Gasteiger partial charge < -0.3 is 9.64 Å². The van der Waals surface area contributed by atoms with Crippen molar-refractivity contribution < 1.29 is 17.9 Å². The van der Waals surface area contributed by atoms with Crippen LogP contribution < -0.4 is 9.62 Å². The van der Waals surface area contributed by atoms with Gasteiger partial charge in [-0.05, 0) is 31.0 Å². The molecule has 1 N–H and O–H groups in total. The summed E-state index contributed by atoms with van der Waals surface area (Å²) >= 11 is 0. The zero-order valence-corrected chi connectivity index (χ0v) is 18.1. The van der Waals surface area contributed by atoms with Gasteiger partial charge in [-0.1, -0.05) is 54.6 Å². The van der Waals surface area contributed by atoms with Gasteiger partial charge in [0.2, 0.25) is 10.0 Å². The van der Waals surface area contributed by atoms with Crippen LogP contribution in [0.2, 0.25) is 0 Å². The summed E-state index contributed by atoms with van der Waals surface area (Å²) in [5.41, 5.74) is 1.75. The van der Waals surface area contributed by atoms with Crippen LogP contribution in [-0.2, 0) is 26.0 Å². The lowest BCUT2D eigenvalue weighted by molar-refractivity contribution is -0.145. The summed E-state index contributed by atoms with van der Waals surface area (Å²) in [5.74, 6) is -0.598. The van der Waals surface area contributed by atoms with E-state index in [0.29, 0.717) is 5.39 Å². The molecule has 0 unspecified atom stereocenters. The molecule has 1 atom stereocenters. The fraction of sp³-hybridized carbons (Fsp3) is 0.261. The number of benzene rings is 3. The molecule has 0 spiro atoms. The maximum atomic E-state index is 13.3. The third-order valence-electron chi connectivity index (χ3n) is 4.78. The minimum absolute atomic E-state index is 0.131. The predicted molar refractivity (Wildman–Crippen MR) is 119 cm³/mol. The molecule has 30 heavy (non-hydrogen) atoms. The topological polar surface area (TPSA) is 75.7 Å². The van der Waals surface area contributed by atoms with E-state index in [0.717, 1.165) is 16.6 Å². The van der Waals surface area contributed by atoms with Crippen LogP contribution in [0.15, 0.2) is 71.6 Å². The van der Waals surface area contributed by atoms with E-state index in [4.69, 9.17) is 4.74 Å². The number of fused-ring (bicyclic) bond motifs is 1. The number of esters is 1. The maximum Gasteiger partial charge on any atom is 0.324 e. The molecule has 0 aliphatic rings. The SMILES string of the molecule is CCOC(=O)[C@H](Cc1ccccc1)NS(=O)(=O)c1cccc2c(N(C)C)cccc12. The van der Waals surface area contributed by atoms with Gasteiger partial charge in [-0.2, -0.15) is 4.72 Å². The summed E-state index contributed by atoms with van der Waals surface area (Å²) in [6.45, 7) is 1.87. The lowest BCUT2D eigenvalue weighted by atomic mass is 10.1. The van der Waals surface area contributed by atoms with Crippen molar-refractivity contribution in [1.29, 1.82) is 0 Å². The number of nitrogens with zero attached hydrogens (tertiary/aromatic N) is 1. The Labute approximate surface area is 177 Å². The van der Waals surface area contributed by atoms with Gasteiger partial charge >= 0.3 is 5.97 Å². The van der Waals surface area contributed by atoms with Crippen LogP contribution in [0.5, 0.6) is 0 Å². The van der Waals surface area contributed by atoms with Crippen molar-refractivity contribution in [3.05, 3.63) is 72.3 Å². The van der Waals surface area contributed by atoms with E-state index in [1.807, 2.05) is 67.5 Å². The van der Waals surface area contributed by atoms with Crippen LogP contribution in [0, 0.1) is 0 Å². The highest BCUT2D eigenvalue weighted by molar-refractivity contribution is 7.89. The largest absolute Gasteiger partial charge is 0.465 e. The fourth-order valence-electron chi connectivity index (χ4n) is 3.41. The third-order valence-corrected chi connectivity index (χ3v) is 6.31. The molecule has 3 aromatic rings. The van der Waals surface area contributed by atoms with Crippen LogP contribution in [0.3, 0.4) is 0 Å².